The van der Waals surface area contributed by atoms with E-state index in [0.717, 1.165) is 37.3 Å². The topological polar surface area (TPSA) is 35.8 Å². The zero-order chi connectivity index (χ0) is 13.6. The first kappa shape index (κ1) is 15.5. The van der Waals surface area contributed by atoms with Gasteiger partial charge in [-0.05, 0) is 64.3 Å². The molecule has 3 atom stereocenters. The molecule has 18 heavy (non-hydrogen) atoms. The SMILES string of the molecule is CC1CCC(NCCCCC(C)(C)C#N)C(C)C1. The van der Waals surface area contributed by atoms with E-state index in [1.807, 2.05) is 13.8 Å². The highest BCUT2D eigenvalue weighted by Gasteiger charge is 2.24. The minimum Gasteiger partial charge on any atom is -0.314 e. The molecule has 0 aromatic carbocycles. The molecule has 2 nitrogen and oxygen atoms in total. The highest BCUT2D eigenvalue weighted by atomic mass is 14.9. The lowest BCUT2D eigenvalue weighted by Crippen LogP contribution is -2.39. The molecule has 1 aliphatic rings. The van der Waals surface area contributed by atoms with Gasteiger partial charge in [-0.2, -0.15) is 5.26 Å². The van der Waals surface area contributed by atoms with Crippen molar-refractivity contribution in [1.29, 1.82) is 5.26 Å². The van der Waals surface area contributed by atoms with Crippen LogP contribution in [0.25, 0.3) is 0 Å². The Morgan fingerprint density at radius 2 is 1.94 bits per heavy atom. The van der Waals surface area contributed by atoms with Crippen molar-refractivity contribution in [2.24, 2.45) is 17.3 Å². The number of unbranched alkanes of at least 4 members (excludes halogenated alkanes) is 1. The van der Waals surface area contributed by atoms with Crippen LogP contribution in [0.3, 0.4) is 0 Å². The van der Waals surface area contributed by atoms with Gasteiger partial charge >= 0.3 is 0 Å². The smallest absolute Gasteiger partial charge is 0.0683 e. The van der Waals surface area contributed by atoms with Crippen LogP contribution in [0.5, 0.6) is 0 Å². The quantitative estimate of drug-likeness (QED) is 0.720. The molecule has 104 valence electrons. The van der Waals surface area contributed by atoms with E-state index in [1.54, 1.807) is 0 Å². The van der Waals surface area contributed by atoms with Crippen molar-refractivity contribution >= 4 is 0 Å². The second kappa shape index (κ2) is 7.14. The fraction of sp³-hybridized carbons (Fsp3) is 0.938. The Hall–Kier alpha value is -0.550. The van der Waals surface area contributed by atoms with Crippen molar-refractivity contribution in [3.8, 4) is 6.07 Å². The number of hydrogen-bond donors (Lipinski definition) is 1. The molecule has 1 rings (SSSR count). The summed E-state index contributed by atoms with van der Waals surface area (Å²) in [6, 6.07) is 3.10. The zero-order valence-corrected chi connectivity index (χ0v) is 12.6. The Labute approximate surface area is 113 Å². The summed E-state index contributed by atoms with van der Waals surface area (Å²) in [6.45, 7) is 9.93. The van der Waals surface area contributed by atoms with Crippen LogP contribution in [0.1, 0.15) is 66.2 Å². The first-order valence-electron chi connectivity index (χ1n) is 7.59. The van der Waals surface area contributed by atoms with E-state index in [4.69, 9.17) is 5.26 Å². The van der Waals surface area contributed by atoms with E-state index in [1.165, 1.54) is 25.7 Å². The lowest BCUT2D eigenvalue weighted by molar-refractivity contribution is 0.227. The standard InChI is InChI=1S/C16H30N2/c1-13-7-8-15(14(2)11-13)18-10-6-5-9-16(3,4)12-17/h13-15,18H,5-11H2,1-4H3. The summed E-state index contributed by atoms with van der Waals surface area (Å²) in [6.07, 6.45) is 7.46. The Morgan fingerprint density at radius 1 is 1.22 bits per heavy atom. The summed E-state index contributed by atoms with van der Waals surface area (Å²) in [4.78, 5) is 0. The van der Waals surface area contributed by atoms with Crippen LogP contribution in [0.2, 0.25) is 0 Å². The number of nitrogens with zero attached hydrogens (tertiary/aromatic N) is 1. The average Bonchev–Trinajstić information content (AvgIpc) is 2.31. The van der Waals surface area contributed by atoms with Gasteiger partial charge in [-0.3, -0.25) is 0 Å². The fourth-order valence-corrected chi connectivity index (χ4v) is 3.00. The molecule has 1 N–H and O–H groups in total. The predicted molar refractivity (Wildman–Crippen MR) is 77.2 cm³/mol. The molecule has 2 heteroatoms. The number of nitriles is 1. The second-order valence-electron chi connectivity index (χ2n) is 6.91. The molecular weight excluding hydrogens is 220 g/mol. The summed E-state index contributed by atoms with van der Waals surface area (Å²) < 4.78 is 0. The molecule has 0 heterocycles. The normalized spacial score (nSPS) is 28.9. The fourth-order valence-electron chi connectivity index (χ4n) is 3.00. The largest absolute Gasteiger partial charge is 0.314 e. The highest BCUT2D eigenvalue weighted by molar-refractivity contribution is 4.91. The van der Waals surface area contributed by atoms with Gasteiger partial charge in [0.05, 0.1) is 11.5 Å². The van der Waals surface area contributed by atoms with Crippen LogP contribution in [-0.2, 0) is 0 Å². The summed E-state index contributed by atoms with van der Waals surface area (Å²) >= 11 is 0. The molecule has 1 saturated carbocycles. The van der Waals surface area contributed by atoms with E-state index in [2.05, 4.69) is 25.2 Å². The Kier molecular flexibility index (Phi) is 6.15. The molecular formula is C16H30N2. The molecule has 0 saturated heterocycles. The maximum atomic E-state index is 8.95. The van der Waals surface area contributed by atoms with Crippen molar-refractivity contribution < 1.29 is 0 Å². The lowest BCUT2D eigenvalue weighted by Gasteiger charge is -2.33. The second-order valence-corrected chi connectivity index (χ2v) is 6.91. The Balaban J connectivity index is 2.10. The number of rotatable bonds is 6. The summed E-state index contributed by atoms with van der Waals surface area (Å²) in [5, 5.41) is 12.7. The molecule has 1 fully saturated rings. The van der Waals surface area contributed by atoms with E-state index >= 15 is 0 Å². The van der Waals surface area contributed by atoms with Gasteiger partial charge in [-0.25, -0.2) is 0 Å². The molecule has 0 aliphatic heterocycles. The summed E-state index contributed by atoms with van der Waals surface area (Å²) in [7, 11) is 0. The van der Waals surface area contributed by atoms with Crippen LogP contribution >= 0.6 is 0 Å². The first-order chi connectivity index (χ1) is 8.44. The van der Waals surface area contributed by atoms with Gasteiger partial charge in [0.1, 0.15) is 0 Å². The molecule has 3 unspecified atom stereocenters. The summed E-state index contributed by atoms with van der Waals surface area (Å²) in [5.74, 6) is 1.73. The molecule has 0 amide bonds. The molecule has 1 aliphatic carbocycles. The summed E-state index contributed by atoms with van der Waals surface area (Å²) in [5.41, 5.74) is -0.145. The number of nitrogens with one attached hydrogen (secondary N) is 1. The lowest BCUT2D eigenvalue weighted by atomic mass is 9.80. The average molecular weight is 250 g/mol. The van der Waals surface area contributed by atoms with Crippen LogP contribution in [0.15, 0.2) is 0 Å². The van der Waals surface area contributed by atoms with E-state index < -0.39 is 0 Å². The van der Waals surface area contributed by atoms with Crippen molar-refractivity contribution in [3.05, 3.63) is 0 Å². The van der Waals surface area contributed by atoms with E-state index in [0.29, 0.717) is 0 Å². The zero-order valence-electron chi connectivity index (χ0n) is 12.6. The van der Waals surface area contributed by atoms with Gasteiger partial charge in [0.25, 0.3) is 0 Å². The van der Waals surface area contributed by atoms with Crippen molar-refractivity contribution in [1.82, 2.24) is 5.32 Å². The van der Waals surface area contributed by atoms with Crippen LogP contribution in [-0.4, -0.2) is 12.6 Å². The minimum absolute atomic E-state index is 0.145. The van der Waals surface area contributed by atoms with Gasteiger partial charge in [-0.1, -0.05) is 20.3 Å². The maximum absolute atomic E-state index is 8.95. The monoisotopic (exact) mass is 250 g/mol. The van der Waals surface area contributed by atoms with Gasteiger partial charge in [0, 0.05) is 6.04 Å². The predicted octanol–water partition coefficient (Wildman–Crippen LogP) is 4.12. The maximum Gasteiger partial charge on any atom is 0.0683 e. The Bertz CT molecular complexity index is 277. The third kappa shape index (κ3) is 5.40. The van der Waals surface area contributed by atoms with Crippen molar-refractivity contribution in [3.63, 3.8) is 0 Å². The third-order valence-electron chi connectivity index (χ3n) is 4.37. The molecule has 0 aromatic rings. The Morgan fingerprint density at radius 3 is 2.56 bits per heavy atom. The van der Waals surface area contributed by atoms with E-state index in [9.17, 15) is 0 Å². The number of hydrogen-bond acceptors (Lipinski definition) is 2. The van der Waals surface area contributed by atoms with Gasteiger partial charge in [-0.15, -0.1) is 0 Å². The molecule has 0 radical (unpaired) electrons. The van der Waals surface area contributed by atoms with Crippen molar-refractivity contribution in [2.45, 2.75) is 72.3 Å². The van der Waals surface area contributed by atoms with Gasteiger partial charge < -0.3 is 5.32 Å². The van der Waals surface area contributed by atoms with Crippen LogP contribution < -0.4 is 5.32 Å². The van der Waals surface area contributed by atoms with Gasteiger partial charge in [0.15, 0.2) is 0 Å². The van der Waals surface area contributed by atoms with Gasteiger partial charge in [0.2, 0.25) is 0 Å². The highest BCUT2D eigenvalue weighted by Crippen LogP contribution is 2.28. The van der Waals surface area contributed by atoms with Crippen LogP contribution in [0.4, 0.5) is 0 Å². The molecule has 0 bridgehead atoms. The van der Waals surface area contributed by atoms with E-state index in [-0.39, 0.29) is 5.41 Å². The molecule has 0 aromatic heterocycles. The minimum atomic E-state index is -0.145. The molecule has 0 spiro atoms. The third-order valence-corrected chi connectivity index (χ3v) is 4.37. The van der Waals surface area contributed by atoms with Crippen molar-refractivity contribution in [2.75, 3.05) is 6.54 Å². The van der Waals surface area contributed by atoms with Crippen LogP contribution in [0, 0.1) is 28.6 Å². The first-order valence-corrected chi connectivity index (χ1v) is 7.59.